The molecule has 2 aliphatic rings. The lowest BCUT2D eigenvalue weighted by molar-refractivity contribution is -0.0305. The Bertz CT molecular complexity index is 1030. The van der Waals surface area contributed by atoms with Crippen LogP contribution in [0.5, 0.6) is 0 Å². The van der Waals surface area contributed by atoms with E-state index in [4.69, 9.17) is 32.7 Å². The molecule has 1 aliphatic heterocycles. The van der Waals surface area contributed by atoms with Crippen molar-refractivity contribution in [2.24, 2.45) is 0 Å². The van der Waals surface area contributed by atoms with Gasteiger partial charge in [-0.25, -0.2) is 9.18 Å². The van der Waals surface area contributed by atoms with E-state index >= 15 is 0 Å². The van der Waals surface area contributed by atoms with Gasteiger partial charge in [-0.1, -0.05) is 29.3 Å². The normalized spacial score (nSPS) is 19.5. The molecule has 0 N–H and O–H groups in total. The highest BCUT2D eigenvalue weighted by Crippen LogP contribution is 2.43. The van der Waals surface area contributed by atoms with Gasteiger partial charge < -0.3 is 9.47 Å². The summed E-state index contributed by atoms with van der Waals surface area (Å²) in [7, 11) is 0. The number of esters is 1. The Morgan fingerprint density at radius 3 is 2.61 bits per heavy atom. The van der Waals surface area contributed by atoms with E-state index in [1.807, 2.05) is 12.1 Å². The maximum atomic E-state index is 15.0. The van der Waals surface area contributed by atoms with Gasteiger partial charge in [-0.15, -0.1) is 0 Å². The first-order valence-corrected chi connectivity index (χ1v) is 12.2. The summed E-state index contributed by atoms with van der Waals surface area (Å²) < 4.78 is 26.4. The van der Waals surface area contributed by atoms with Crippen molar-refractivity contribution in [2.75, 3.05) is 19.7 Å². The second kappa shape index (κ2) is 9.91. The van der Waals surface area contributed by atoms with Gasteiger partial charge in [0.05, 0.1) is 28.3 Å². The van der Waals surface area contributed by atoms with Crippen molar-refractivity contribution in [3.8, 4) is 0 Å². The highest BCUT2D eigenvalue weighted by molar-refractivity contribution is 6.42. The average molecular weight is 494 g/mol. The SMILES string of the molecule is CC(C)(C)OC(=O)c1cc(C2CC2)c(CN2CCO[C@@H](Cc3ccc(Cl)c(Cl)c3)C2)cc1F. The molecule has 7 heteroatoms. The number of nitrogens with zero attached hydrogens (tertiary/aromatic N) is 1. The third-order valence-corrected chi connectivity index (χ3v) is 6.67. The first-order valence-electron chi connectivity index (χ1n) is 11.4. The molecule has 0 aromatic heterocycles. The van der Waals surface area contributed by atoms with Crippen LogP contribution in [0.2, 0.25) is 10.0 Å². The first kappa shape index (κ1) is 24.5. The highest BCUT2D eigenvalue weighted by atomic mass is 35.5. The number of hydrogen-bond acceptors (Lipinski definition) is 4. The summed E-state index contributed by atoms with van der Waals surface area (Å²) in [6.45, 7) is 8.10. The molecular weight excluding hydrogens is 464 g/mol. The summed E-state index contributed by atoms with van der Waals surface area (Å²) in [5.74, 6) is -0.749. The van der Waals surface area contributed by atoms with Crippen molar-refractivity contribution < 1.29 is 18.7 Å². The van der Waals surface area contributed by atoms with Crippen LogP contribution in [0.3, 0.4) is 0 Å². The zero-order chi connectivity index (χ0) is 23.8. The first-order chi connectivity index (χ1) is 15.6. The Labute approximate surface area is 205 Å². The number of benzene rings is 2. The second-order valence-corrected chi connectivity index (χ2v) is 10.8. The number of carbonyl (C=O) groups excluding carboxylic acids is 1. The molecule has 178 valence electrons. The van der Waals surface area contributed by atoms with E-state index in [-0.39, 0.29) is 11.7 Å². The van der Waals surface area contributed by atoms with Crippen molar-refractivity contribution in [1.82, 2.24) is 4.90 Å². The molecule has 33 heavy (non-hydrogen) atoms. The van der Waals surface area contributed by atoms with E-state index in [9.17, 15) is 9.18 Å². The fourth-order valence-electron chi connectivity index (χ4n) is 4.25. The largest absolute Gasteiger partial charge is 0.456 e. The van der Waals surface area contributed by atoms with Gasteiger partial charge in [0.2, 0.25) is 0 Å². The fourth-order valence-corrected chi connectivity index (χ4v) is 4.57. The van der Waals surface area contributed by atoms with Crippen LogP contribution in [0, 0.1) is 5.82 Å². The number of morpholine rings is 1. The Hall–Kier alpha value is -1.66. The van der Waals surface area contributed by atoms with Crippen LogP contribution < -0.4 is 0 Å². The van der Waals surface area contributed by atoms with E-state index in [0.29, 0.717) is 29.1 Å². The molecule has 2 aromatic rings. The molecule has 2 aromatic carbocycles. The maximum absolute atomic E-state index is 15.0. The fraction of sp³-hybridized carbons (Fsp3) is 0.500. The van der Waals surface area contributed by atoms with Gasteiger partial charge in [0.15, 0.2) is 0 Å². The number of carbonyl (C=O) groups is 1. The summed E-state index contributed by atoms with van der Waals surface area (Å²) in [6.07, 6.45) is 2.88. The molecule has 1 heterocycles. The maximum Gasteiger partial charge on any atom is 0.341 e. The molecule has 0 radical (unpaired) electrons. The van der Waals surface area contributed by atoms with E-state index in [1.54, 1.807) is 32.9 Å². The minimum atomic E-state index is -0.668. The molecule has 1 atom stereocenters. The zero-order valence-electron chi connectivity index (χ0n) is 19.3. The zero-order valence-corrected chi connectivity index (χ0v) is 20.8. The second-order valence-electron chi connectivity index (χ2n) is 9.99. The lowest BCUT2D eigenvalue weighted by Gasteiger charge is -2.33. The average Bonchev–Trinajstić information content (AvgIpc) is 3.55. The van der Waals surface area contributed by atoms with Crippen molar-refractivity contribution in [2.45, 2.75) is 64.2 Å². The molecule has 0 amide bonds. The van der Waals surface area contributed by atoms with Crippen molar-refractivity contribution in [3.05, 3.63) is 68.4 Å². The van der Waals surface area contributed by atoms with Crippen LogP contribution in [0.15, 0.2) is 30.3 Å². The van der Waals surface area contributed by atoms with E-state index in [0.717, 1.165) is 49.0 Å². The Morgan fingerprint density at radius 2 is 1.94 bits per heavy atom. The summed E-state index contributed by atoms with van der Waals surface area (Å²) in [5, 5.41) is 1.08. The molecule has 2 fully saturated rings. The summed E-state index contributed by atoms with van der Waals surface area (Å²) in [6, 6.07) is 8.88. The van der Waals surface area contributed by atoms with Crippen LogP contribution in [0.25, 0.3) is 0 Å². The molecule has 1 aliphatic carbocycles. The Balaban J connectivity index is 1.48. The third-order valence-electron chi connectivity index (χ3n) is 5.93. The topological polar surface area (TPSA) is 38.8 Å². The molecule has 0 bridgehead atoms. The van der Waals surface area contributed by atoms with Gasteiger partial charge >= 0.3 is 5.97 Å². The molecule has 0 spiro atoms. The molecule has 1 saturated carbocycles. The quantitative estimate of drug-likeness (QED) is 0.435. The lowest BCUT2D eigenvalue weighted by atomic mass is 9.98. The standard InChI is InChI=1S/C26H30Cl2FNO3/c1-26(2,3)33-25(31)21-13-20(17-5-6-17)18(12-24(21)29)14-30-8-9-32-19(15-30)10-16-4-7-22(27)23(28)11-16/h4,7,11-13,17,19H,5-6,8-10,14-15H2,1-3H3/t19-/m0/s1. The third kappa shape index (κ3) is 6.48. The summed E-state index contributed by atoms with van der Waals surface area (Å²) in [5.41, 5.74) is 2.43. The predicted molar refractivity (Wildman–Crippen MR) is 129 cm³/mol. The number of halogens is 3. The van der Waals surface area contributed by atoms with E-state index in [1.165, 1.54) is 6.07 Å². The summed E-state index contributed by atoms with van der Waals surface area (Å²) in [4.78, 5) is 14.8. The van der Waals surface area contributed by atoms with Gasteiger partial charge in [-0.05, 0) is 86.9 Å². The molecule has 4 nitrogen and oxygen atoms in total. The minimum Gasteiger partial charge on any atom is -0.456 e. The number of rotatable bonds is 6. The number of hydrogen-bond donors (Lipinski definition) is 0. The highest BCUT2D eigenvalue weighted by Gasteiger charge is 2.31. The van der Waals surface area contributed by atoms with Crippen molar-refractivity contribution >= 4 is 29.2 Å². The smallest absolute Gasteiger partial charge is 0.341 e. The lowest BCUT2D eigenvalue weighted by Crippen LogP contribution is -2.43. The molecule has 1 saturated heterocycles. The van der Waals surface area contributed by atoms with Crippen molar-refractivity contribution in [1.29, 1.82) is 0 Å². The monoisotopic (exact) mass is 493 g/mol. The Morgan fingerprint density at radius 1 is 1.18 bits per heavy atom. The van der Waals surface area contributed by atoms with Gasteiger partial charge in [-0.3, -0.25) is 4.90 Å². The molecule has 0 unspecified atom stereocenters. The van der Waals surface area contributed by atoms with Gasteiger partial charge in [-0.2, -0.15) is 0 Å². The van der Waals surface area contributed by atoms with E-state index < -0.39 is 17.4 Å². The summed E-state index contributed by atoms with van der Waals surface area (Å²) >= 11 is 12.2. The van der Waals surface area contributed by atoms with Crippen LogP contribution in [-0.2, 0) is 22.4 Å². The molecule has 4 rings (SSSR count). The van der Waals surface area contributed by atoms with Crippen LogP contribution in [0.4, 0.5) is 4.39 Å². The molecular formula is C26H30Cl2FNO3. The van der Waals surface area contributed by atoms with Gasteiger partial charge in [0.25, 0.3) is 0 Å². The van der Waals surface area contributed by atoms with E-state index in [2.05, 4.69) is 4.90 Å². The van der Waals surface area contributed by atoms with Crippen molar-refractivity contribution in [3.63, 3.8) is 0 Å². The van der Waals surface area contributed by atoms with Crippen LogP contribution >= 0.6 is 23.2 Å². The number of ether oxygens (including phenoxy) is 2. The predicted octanol–water partition coefficient (Wildman–Crippen LogP) is 6.41. The van der Waals surface area contributed by atoms with Gasteiger partial charge in [0.1, 0.15) is 11.4 Å². The van der Waals surface area contributed by atoms with Gasteiger partial charge in [0, 0.05) is 19.6 Å². The van der Waals surface area contributed by atoms with Crippen LogP contribution in [0.1, 0.15) is 66.6 Å². The minimum absolute atomic E-state index is 0.0197. The Kier molecular flexibility index (Phi) is 7.35. The van der Waals surface area contributed by atoms with Crippen LogP contribution in [-0.4, -0.2) is 42.3 Å².